The lowest BCUT2D eigenvalue weighted by Crippen LogP contribution is -1.94. The molecule has 98 valence electrons. The van der Waals surface area contributed by atoms with E-state index < -0.39 is 0 Å². The van der Waals surface area contributed by atoms with Gasteiger partial charge in [-0.3, -0.25) is 0 Å². The van der Waals surface area contributed by atoms with Crippen LogP contribution in [0.4, 0.5) is 0 Å². The van der Waals surface area contributed by atoms with Gasteiger partial charge in [-0.05, 0) is 24.5 Å². The van der Waals surface area contributed by atoms with Gasteiger partial charge in [0.1, 0.15) is 11.5 Å². The molecule has 0 heterocycles. The van der Waals surface area contributed by atoms with Crippen LogP contribution in [0.15, 0.2) is 12.1 Å². The molecule has 2 nitrogen and oxygen atoms in total. The second kappa shape index (κ2) is 7.89. The van der Waals surface area contributed by atoms with Crippen molar-refractivity contribution in [3.8, 4) is 23.3 Å². The SMILES string of the molecule is CCCC#CCCc1cc(OC)c(Cl)cc1OC. The van der Waals surface area contributed by atoms with Crippen molar-refractivity contribution in [1.82, 2.24) is 0 Å². The monoisotopic (exact) mass is 266 g/mol. The smallest absolute Gasteiger partial charge is 0.137 e. The normalized spacial score (nSPS) is 9.56. The first kappa shape index (κ1) is 14.7. The van der Waals surface area contributed by atoms with Crippen molar-refractivity contribution < 1.29 is 9.47 Å². The third kappa shape index (κ3) is 4.16. The Morgan fingerprint density at radius 2 is 1.72 bits per heavy atom. The van der Waals surface area contributed by atoms with Crippen LogP contribution in [0.3, 0.4) is 0 Å². The first-order valence-corrected chi connectivity index (χ1v) is 6.46. The Bertz CT molecular complexity index is 444. The van der Waals surface area contributed by atoms with E-state index in [1.807, 2.05) is 6.07 Å². The third-order valence-corrected chi connectivity index (χ3v) is 2.87. The molecule has 0 aliphatic heterocycles. The summed E-state index contributed by atoms with van der Waals surface area (Å²) in [4.78, 5) is 0. The van der Waals surface area contributed by atoms with Gasteiger partial charge in [0.15, 0.2) is 0 Å². The Hall–Kier alpha value is -1.33. The van der Waals surface area contributed by atoms with Gasteiger partial charge < -0.3 is 9.47 Å². The van der Waals surface area contributed by atoms with Crippen LogP contribution in [-0.2, 0) is 6.42 Å². The molecular formula is C15H19ClO2. The number of methoxy groups -OCH3 is 2. The van der Waals surface area contributed by atoms with E-state index in [4.69, 9.17) is 21.1 Å². The van der Waals surface area contributed by atoms with Gasteiger partial charge in [-0.2, -0.15) is 0 Å². The molecule has 0 aromatic heterocycles. The lowest BCUT2D eigenvalue weighted by atomic mass is 10.1. The highest BCUT2D eigenvalue weighted by Crippen LogP contribution is 2.32. The zero-order valence-electron chi connectivity index (χ0n) is 11.2. The summed E-state index contributed by atoms with van der Waals surface area (Å²) in [5.41, 5.74) is 1.07. The Morgan fingerprint density at radius 1 is 1.06 bits per heavy atom. The minimum absolute atomic E-state index is 0.565. The number of hydrogen-bond donors (Lipinski definition) is 0. The van der Waals surface area contributed by atoms with Crippen LogP contribution in [0, 0.1) is 11.8 Å². The average molecular weight is 267 g/mol. The van der Waals surface area contributed by atoms with E-state index in [-0.39, 0.29) is 0 Å². The molecule has 0 aliphatic carbocycles. The summed E-state index contributed by atoms with van der Waals surface area (Å²) < 4.78 is 10.5. The molecule has 0 saturated carbocycles. The van der Waals surface area contributed by atoms with Gasteiger partial charge in [0, 0.05) is 18.9 Å². The number of hydrogen-bond acceptors (Lipinski definition) is 2. The molecule has 1 rings (SSSR count). The summed E-state index contributed by atoms with van der Waals surface area (Å²) in [6.07, 6.45) is 3.72. The van der Waals surface area contributed by atoms with Crippen molar-refractivity contribution in [3.63, 3.8) is 0 Å². The molecule has 0 unspecified atom stereocenters. The highest BCUT2D eigenvalue weighted by atomic mass is 35.5. The second-order valence-corrected chi connectivity index (χ2v) is 4.31. The summed E-state index contributed by atoms with van der Waals surface area (Å²) in [5, 5.41) is 0.565. The van der Waals surface area contributed by atoms with Crippen LogP contribution in [0.2, 0.25) is 5.02 Å². The van der Waals surface area contributed by atoms with Crippen LogP contribution >= 0.6 is 11.6 Å². The Balaban J connectivity index is 2.78. The number of aryl methyl sites for hydroxylation is 1. The van der Waals surface area contributed by atoms with Gasteiger partial charge >= 0.3 is 0 Å². The van der Waals surface area contributed by atoms with Gasteiger partial charge in [0.05, 0.1) is 19.2 Å². The largest absolute Gasteiger partial charge is 0.496 e. The van der Waals surface area contributed by atoms with Crippen LogP contribution < -0.4 is 9.47 Å². The molecule has 18 heavy (non-hydrogen) atoms. The fourth-order valence-electron chi connectivity index (χ4n) is 1.62. The van der Waals surface area contributed by atoms with E-state index in [0.29, 0.717) is 10.8 Å². The van der Waals surface area contributed by atoms with Crippen molar-refractivity contribution in [2.75, 3.05) is 14.2 Å². The van der Waals surface area contributed by atoms with Crippen LogP contribution in [-0.4, -0.2) is 14.2 Å². The molecule has 0 radical (unpaired) electrons. The number of ether oxygens (including phenoxy) is 2. The zero-order chi connectivity index (χ0) is 13.4. The molecule has 0 spiro atoms. The Labute approximate surface area is 114 Å². The number of halogens is 1. The van der Waals surface area contributed by atoms with E-state index in [0.717, 1.165) is 37.0 Å². The lowest BCUT2D eigenvalue weighted by molar-refractivity contribution is 0.399. The molecule has 0 bridgehead atoms. The molecule has 0 N–H and O–H groups in total. The molecule has 1 aromatic rings. The van der Waals surface area contributed by atoms with Gasteiger partial charge in [-0.1, -0.05) is 18.5 Å². The minimum atomic E-state index is 0.565. The predicted molar refractivity (Wildman–Crippen MR) is 75.6 cm³/mol. The van der Waals surface area contributed by atoms with Crippen molar-refractivity contribution >= 4 is 11.6 Å². The Kier molecular flexibility index (Phi) is 6.46. The van der Waals surface area contributed by atoms with E-state index in [1.54, 1.807) is 20.3 Å². The van der Waals surface area contributed by atoms with Crippen molar-refractivity contribution in [2.24, 2.45) is 0 Å². The standard InChI is InChI=1S/C15H19ClO2/c1-4-5-6-7-8-9-12-10-15(18-3)13(16)11-14(12)17-2/h10-11H,4-5,8-9H2,1-3H3. The summed E-state index contributed by atoms with van der Waals surface area (Å²) in [6, 6.07) is 3.71. The van der Waals surface area contributed by atoms with Crippen molar-refractivity contribution in [2.45, 2.75) is 32.6 Å². The van der Waals surface area contributed by atoms with Gasteiger partial charge in [0.25, 0.3) is 0 Å². The van der Waals surface area contributed by atoms with Crippen LogP contribution in [0.5, 0.6) is 11.5 Å². The topological polar surface area (TPSA) is 18.5 Å². The maximum absolute atomic E-state index is 6.05. The first-order chi connectivity index (χ1) is 8.72. The molecular weight excluding hydrogens is 248 g/mol. The maximum Gasteiger partial charge on any atom is 0.137 e. The van der Waals surface area contributed by atoms with Crippen molar-refractivity contribution in [1.29, 1.82) is 0 Å². The number of unbranched alkanes of at least 4 members (excludes halogenated alkanes) is 1. The predicted octanol–water partition coefficient (Wildman–Crippen LogP) is 4.09. The van der Waals surface area contributed by atoms with Crippen LogP contribution in [0.1, 0.15) is 31.7 Å². The molecule has 0 atom stereocenters. The molecule has 1 aromatic carbocycles. The van der Waals surface area contributed by atoms with Gasteiger partial charge in [-0.15, -0.1) is 11.8 Å². The quantitative estimate of drug-likeness (QED) is 0.747. The third-order valence-electron chi connectivity index (χ3n) is 2.57. The second-order valence-electron chi connectivity index (χ2n) is 3.90. The molecule has 0 saturated heterocycles. The molecule has 0 fully saturated rings. The van der Waals surface area contributed by atoms with Crippen LogP contribution in [0.25, 0.3) is 0 Å². The average Bonchev–Trinajstić information content (AvgIpc) is 2.39. The summed E-state index contributed by atoms with van der Waals surface area (Å²) >= 11 is 6.05. The first-order valence-electron chi connectivity index (χ1n) is 6.09. The molecule has 3 heteroatoms. The summed E-state index contributed by atoms with van der Waals surface area (Å²) in [6.45, 7) is 2.13. The Morgan fingerprint density at radius 3 is 2.33 bits per heavy atom. The van der Waals surface area contributed by atoms with Gasteiger partial charge in [0.2, 0.25) is 0 Å². The fraction of sp³-hybridized carbons (Fsp3) is 0.467. The summed E-state index contributed by atoms with van der Waals surface area (Å²) in [7, 11) is 3.25. The highest BCUT2D eigenvalue weighted by Gasteiger charge is 2.09. The zero-order valence-corrected chi connectivity index (χ0v) is 11.9. The van der Waals surface area contributed by atoms with Gasteiger partial charge in [-0.25, -0.2) is 0 Å². The summed E-state index contributed by atoms with van der Waals surface area (Å²) in [5.74, 6) is 7.76. The van der Waals surface area contributed by atoms with E-state index in [2.05, 4.69) is 18.8 Å². The lowest BCUT2D eigenvalue weighted by Gasteiger charge is -2.11. The molecule has 0 amide bonds. The fourth-order valence-corrected chi connectivity index (χ4v) is 1.85. The maximum atomic E-state index is 6.05. The van der Waals surface area contributed by atoms with E-state index in [9.17, 15) is 0 Å². The molecule has 0 aliphatic rings. The minimum Gasteiger partial charge on any atom is -0.496 e. The van der Waals surface area contributed by atoms with E-state index >= 15 is 0 Å². The van der Waals surface area contributed by atoms with Crippen molar-refractivity contribution in [3.05, 3.63) is 22.7 Å². The number of benzene rings is 1. The number of rotatable bonds is 5. The van der Waals surface area contributed by atoms with E-state index in [1.165, 1.54) is 0 Å². The highest BCUT2D eigenvalue weighted by molar-refractivity contribution is 6.32.